The Labute approximate surface area is 134 Å². The molecular weight excluding hydrogens is 280 g/mol. The van der Waals surface area contributed by atoms with Crippen LogP contribution in [0.1, 0.15) is 72.6 Å². The van der Waals surface area contributed by atoms with Crippen LogP contribution in [0.5, 0.6) is 0 Å². The van der Waals surface area contributed by atoms with E-state index in [4.69, 9.17) is 9.47 Å². The Balaban J connectivity index is 2.72. The lowest BCUT2D eigenvalue weighted by Gasteiger charge is -2.35. The molecule has 0 aromatic carbocycles. The Morgan fingerprint density at radius 2 is 1.73 bits per heavy atom. The first-order valence-electron chi connectivity index (χ1n) is 8.43. The maximum absolute atomic E-state index is 11.9. The second kappa shape index (κ2) is 8.96. The summed E-state index contributed by atoms with van der Waals surface area (Å²) in [7, 11) is 0. The topological polar surface area (TPSA) is 52.6 Å². The molecule has 0 heterocycles. The first-order valence-corrected chi connectivity index (χ1v) is 8.43. The second-order valence-electron chi connectivity index (χ2n) is 6.46. The minimum atomic E-state index is -0.143. The fourth-order valence-corrected chi connectivity index (χ4v) is 3.20. The first kappa shape index (κ1) is 18.7. The molecule has 1 aliphatic rings. The van der Waals surface area contributed by atoms with Crippen molar-refractivity contribution in [1.82, 2.24) is 0 Å². The number of carbonyl (C=O) groups is 2. The molecule has 0 aromatic heterocycles. The van der Waals surface area contributed by atoms with Crippen LogP contribution in [-0.4, -0.2) is 25.2 Å². The van der Waals surface area contributed by atoms with Crippen molar-refractivity contribution >= 4 is 11.9 Å². The summed E-state index contributed by atoms with van der Waals surface area (Å²) in [6.45, 7) is 8.91. The molecule has 0 radical (unpaired) electrons. The third kappa shape index (κ3) is 5.82. The van der Waals surface area contributed by atoms with Gasteiger partial charge in [0.25, 0.3) is 0 Å². The summed E-state index contributed by atoms with van der Waals surface area (Å²) in [5, 5.41) is 0. The van der Waals surface area contributed by atoms with Crippen molar-refractivity contribution in [1.29, 1.82) is 0 Å². The summed E-state index contributed by atoms with van der Waals surface area (Å²) < 4.78 is 10.1. The Hall–Kier alpha value is -1.32. The van der Waals surface area contributed by atoms with Gasteiger partial charge >= 0.3 is 11.9 Å². The van der Waals surface area contributed by atoms with Crippen LogP contribution in [-0.2, 0) is 19.1 Å². The van der Waals surface area contributed by atoms with Gasteiger partial charge < -0.3 is 9.47 Å². The van der Waals surface area contributed by atoms with Crippen molar-refractivity contribution in [2.75, 3.05) is 13.2 Å². The van der Waals surface area contributed by atoms with Gasteiger partial charge in [-0.15, -0.1) is 0 Å². The van der Waals surface area contributed by atoms with Crippen molar-refractivity contribution in [2.24, 2.45) is 5.41 Å². The predicted molar refractivity (Wildman–Crippen MR) is 86.4 cm³/mol. The van der Waals surface area contributed by atoms with E-state index in [0.717, 1.165) is 32.1 Å². The lowest BCUT2D eigenvalue weighted by molar-refractivity contribution is -0.144. The monoisotopic (exact) mass is 310 g/mol. The predicted octanol–water partition coefficient (Wildman–Crippen LogP) is 4.18. The highest BCUT2D eigenvalue weighted by molar-refractivity contribution is 5.73. The van der Waals surface area contributed by atoms with E-state index < -0.39 is 0 Å². The quantitative estimate of drug-likeness (QED) is 0.498. The molecule has 0 aliphatic heterocycles. The number of hydrogen-bond donors (Lipinski definition) is 0. The van der Waals surface area contributed by atoms with Crippen LogP contribution in [0.2, 0.25) is 0 Å². The normalized spacial score (nSPS) is 17.3. The summed E-state index contributed by atoms with van der Waals surface area (Å²) in [6, 6.07) is 0. The van der Waals surface area contributed by atoms with Gasteiger partial charge in [0.2, 0.25) is 0 Å². The fourth-order valence-electron chi connectivity index (χ4n) is 3.20. The lowest BCUT2D eigenvalue weighted by Crippen LogP contribution is -2.24. The molecule has 0 amide bonds. The summed E-state index contributed by atoms with van der Waals surface area (Å²) >= 11 is 0. The van der Waals surface area contributed by atoms with Crippen molar-refractivity contribution in [3.63, 3.8) is 0 Å². The molecule has 0 unspecified atom stereocenters. The average Bonchev–Trinajstić information content (AvgIpc) is 2.43. The number of carbonyl (C=O) groups excluding carboxylic acids is 2. The maximum Gasteiger partial charge on any atom is 0.309 e. The Bertz CT molecular complexity index is 421. The zero-order chi connectivity index (χ0) is 16.6. The summed E-state index contributed by atoms with van der Waals surface area (Å²) in [6.07, 6.45) is 5.77. The minimum Gasteiger partial charge on any atom is -0.466 e. The molecular formula is C18H30O4. The molecule has 22 heavy (non-hydrogen) atoms. The van der Waals surface area contributed by atoms with E-state index in [0.29, 0.717) is 26.1 Å². The van der Waals surface area contributed by atoms with E-state index in [9.17, 15) is 9.59 Å². The highest BCUT2D eigenvalue weighted by Gasteiger charge is 2.31. The zero-order valence-electron chi connectivity index (χ0n) is 14.5. The third-order valence-corrected chi connectivity index (χ3v) is 4.32. The van der Waals surface area contributed by atoms with Crippen molar-refractivity contribution in [3.8, 4) is 0 Å². The van der Waals surface area contributed by atoms with E-state index in [1.54, 1.807) is 0 Å². The minimum absolute atomic E-state index is 0.0459. The zero-order valence-corrected chi connectivity index (χ0v) is 14.5. The number of allylic oxidation sites excluding steroid dienone is 1. The van der Waals surface area contributed by atoms with E-state index in [1.807, 2.05) is 13.8 Å². The standard InChI is InChI=1S/C18H30O4/c1-5-21-16(19)11-7-9-14-10-8-12-18(3,4)15(14)13-17(20)22-6-2/h5-13H2,1-4H3. The van der Waals surface area contributed by atoms with Gasteiger partial charge in [0.1, 0.15) is 0 Å². The van der Waals surface area contributed by atoms with Gasteiger partial charge in [0, 0.05) is 6.42 Å². The van der Waals surface area contributed by atoms with Crippen molar-refractivity contribution in [2.45, 2.75) is 72.6 Å². The van der Waals surface area contributed by atoms with Crippen LogP contribution >= 0.6 is 0 Å². The van der Waals surface area contributed by atoms with E-state index in [1.165, 1.54) is 11.1 Å². The van der Waals surface area contributed by atoms with Crippen LogP contribution in [0, 0.1) is 5.41 Å². The number of rotatable bonds is 8. The Kier molecular flexibility index (Phi) is 7.63. The molecule has 1 aliphatic carbocycles. The molecule has 0 saturated carbocycles. The molecule has 4 heteroatoms. The van der Waals surface area contributed by atoms with Crippen LogP contribution < -0.4 is 0 Å². The Morgan fingerprint density at radius 1 is 1.09 bits per heavy atom. The number of ether oxygens (including phenoxy) is 2. The van der Waals surface area contributed by atoms with Crippen LogP contribution in [0.3, 0.4) is 0 Å². The number of esters is 2. The molecule has 0 fully saturated rings. The Morgan fingerprint density at radius 3 is 2.36 bits per heavy atom. The largest absolute Gasteiger partial charge is 0.466 e. The molecule has 0 spiro atoms. The van der Waals surface area contributed by atoms with Crippen LogP contribution in [0.25, 0.3) is 0 Å². The highest BCUT2D eigenvalue weighted by atomic mass is 16.5. The molecule has 1 rings (SSSR count). The summed E-state index contributed by atoms with van der Waals surface area (Å²) in [5.41, 5.74) is 2.61. The molecule has 0 atom stereocenters. The highest BCUT2D eigenvalue weighted by Crippen LogP contribution is 2.43. The van der Waals surface area contributed by atoms with Gasteiger partial charge in [-0.25, -0.2) is 0 Å². The van der Waals surface area contributed by atoms with Gasteiger partial charge in [-0.3, -0.25) is 9.59 Å². The van der Waals surface area contributed by atoms with E-state index >= 15 is 0 Å². The third-order valence-electron chi connectivity index (χ3n) is 4.32. The lowest BCUT2D eigenvalue weighted by atomic mass is 9.70. The van der Waals surface area contributed by atoms with Crippen LogP contribution in [0.15, 0.2) is 11.1 Å². The fraction of sp³-hybridized carbons (Fsp3) is 0.778. The van der Waals surface area contributed by atoms with E-state index in [2.05, 4.69) is 13.8 Å². The molecule has 126 valence electrons. The van der Waals surface area contributed by atoms with Gasteiger partial charge in [0.05, 0.1) is 19.6 Å². The summed E-state index contributed by atoms with van der Waals surface area (Å²) in [4.78, 5) is 23.3. The molecule has 0 N–H and O–H groups in total. The average molecular weight is 310 g/mol. The second-order valence-corrected chi connectivity index (χ2v) is 6.46. The summed E-state index contributed by atoms with van der Waals surface area (Å²) in [5.74, 6) is -0.277. The van der Waals surface area contributed by atoms with Crippen LogP contribution in [0.4, 0.5) is 0 Å². The van der Waals surface area contributed by atoms with Gasteiger partial charge in [0.15, 0.2) is 0 Å². The first-order chi connectivity index (χ1) is 10.4. The molecule has 0 aromatic rings. The smallest absolute Gasteiger partial charge is 0.309 e. The van der Waals surface area contributed by atoms with E-state index in [-0.39, 0.29) is 17.4 Å². The van der Waals surface area contributed by atoms with Gasteiger partial charge in [-0.1, -0.05) is 25.0 Å². The molecule has 0 bridgehead atoms. The molecule has 0 saturated heterocycles. The maximum atomic E-state index is 11.9. The van der Waals surface area contributed by atoms with Crippen molar-refractivity contribution in [3.05, 3.63) is 11.1 Å². The molecule has 4 nitrogen and oxygen atoms in total. The SMILES string of the molecule is CCOC(=O)CCCC1=C(CC(=O)OCC)C(C)(C)CCC1. The van der Waals surface area contributed by atoms with Gasteiger partial charge in [-0.2, -0.15) is 0 Å². The number of hydrogen-bond acceptors (Lipinski definition) is 4. The van der Waals surface area contributed by atoms with Gasteiger partial charge in [-0.05, 0) is 51.4 Å². The van der Waals surface area contributed by atoms with Crippen molar-refractivity contribution < 1.29 is 19.1 Å².